The summed E-state index contributed by atoms with van der Waals surface area (Å²) in [5.41, 5.74) is 5.87. The topological polar surface area (TPSA) is 88.8 Å². The minimum atomic E-state index is -2.70. The summed E-state index contributed by atoms with van der Waals surface area (Å²) >= 11 is 0. The Balaban J connectivity index is 0.000000254. The van der Waals surface area contributed by atoms with Gasteiger partial charge in [0, 0.05) is 36.7 Å². The summed E-state index contributed by atoms with van der Waals surface area (Å²) in [4.78, 5) is 30.4. The molecule has 2 aromatic heterocycles. The minimum Gasteiger partial charge on any atom is -0.364 e. The molecule has 0 bridgehead atoms. The largest absolute Gasteiger partial charge is 0.364 e. The maximum atomic E-state index is 13.6. The third kappa shape index (κ3) is 5.10. The lowest BCUT2D eigenvalue weighted by atomic mass is 9.84. The first-order valence-electron chi connectivity index (χ1n) is 9.69. The molecule has 0 radical (unpaired) electrons. The van der Waals surface area contributed by atoms with Gasteiger partial charge in [0.05, 0.1) is 10.9 Å². The van der Waals surface area contributed by atoms with Crippen LogP contribution in [-0.4, -0.2) is 21.8 Å². The van der Waals surface area contributed by atoms with Gasteiger partial charge in [0.15, 0.2) is 17.1 Å². The molecule has 1 saturated carbocycles. The average Bonchev–Trinajstić information content (AvgIpc) is 2.71. The number of primary amides is 1. The molecule has 1 atom stereocenters. The van der Waals surface area contributed by atoms with Crippen molar-refractivity contribution in [1.82, 2.24) is 9.97 Å². The molecule has 1 amide bonds. The number of amides is 1. The molecule has 31 heavy (non-hydrogen) atoms. The number of aromatic amines is 1. The predicted molar refractivity (Wildman–Crippen MR) is 108 cm³/mol. The zero-order valence-electron chi connectivity index (χ0n) is 16.7. The van der Waals surface area contributed by atoms with Crippen LogP contribution in [0.5, 0.6) is 0 Å². The lowest BCUT2D eigenvalue weighted by molar-refractivity contribution is -0.0412. The van der Waals surface area contributed by atoms with Crippen LogP contribution < -0.4 is 11.2 Å². The van der Waals surface area contributed by atoms with Crippen LogP contribution in [0.15, 0.2) is 41.3 Å². The highest BCUT2D eigenvalue weighted by Gasteiger charge is 2.37. The van der Waals surface area contributed by atoms with Gasteiger partial charge in [-0.15, -0.1) is 0 Å². The van der Waals surface area contributed by atoms with E-state index < -0.39 is 34.8 Å². The molecular formula is C22H21F4N3O2. The number of aryl methyl sites for hydroxylation is 1. The molecule has 1 aliphatic carbocycles. The van der Waals surface area contributed by atoms with Crippen molar-refractivity contribution in [1.29, 1.82) is 0 Å². The van der Waals surface area contributed by atoms with E-state index in [1.165, 1.54) is 37.4 Å². The first-order valence-corrected chi connectivity index (χ1v) is 9.69. The molecule has 3 aromatic rings. The van der Waals surface area contributed by atoms with Crippen molar-refractivity contribution in [3.05, 3.63) is 75.3 Å². The zero-order chi connectivity index (χ0) is 22.8. The summed E-state index contributed by atoms with van der Waals surface area (Å²) in [5.74, 6) is -5.43. The van der Waals surface area contributed by atoms with Crippen LogP contribution >= 0.6 is 0 Å². The SMILES string of the molecule is Cc1cccc(F)c1F.NC(=O)c1nccc2[nH]c([C@H]3CCCC(F)(F)C3)cc(=O)c12. The summed E-state index contributed by atoms with van der Waals surface area (Å²) in [6.07, 6.45) is 1.99. The Kier molecular flexibility index (Phi) is 6.42. The Hall–Kier alpha value is -3.23. The molecule has 3 N–H and O–H groups in total. The van der Waals surface area contributed by atoms with Crippen molar-refractivity contribution in [2.45, 2.75) is 44.4 Å². The number of fused-ring (bicyclic) bond motifs is 1. The van der Waals surface area contributed by atoms with Gasteiger partial charge in [-0.1, -0.05) is 12.1 Å². The molecule has 1 fully saturated rings. The molecule has 0 saturated heterocycles. The third-order valence-corrected chi connectivity index (χ3v) is 5.22. The fraction of sp³-hybridized carbons (Fsp3) is 0.318. The first-order chi connectivity index (χ1) is 14.6. The van der Waals surface area contributed by atoms with E-state index in [0.29, 0.717) is 29.6 Å². The molecule has 0 aliphatic heterocycles. The van der Waals surface area contributed by atoms with Crippen molar-refractivity contribution >= 4 is 16.8 Å². The molecule has 2 heterocycles. The molecule has 1 aromatic carbocycles. The van der Waals surface area contributed by atoms with Gasteiger partial charge in [-0.2, -0.15) is 0 Å². The fourth-order valence-electron chi connectivity index (χ4n) is 3.68. The molecule has 164 valence electrons. The highest BCUT2D eigenvalue weighted by atomic mass is 19.3. The monoisotopic (exact) mass is 435 g/mol. The van der Waals surface area contributed by atoms with Crippen molar-refractivity contribution in [2.24, 2.45) is 5.73 Å². The lowest BCUT2D eigenvalue weighted by Gasteiger charge is -2.29. The van der Waals surface area contributed by atoms with E-state index in [9.17, 15) is 27.2 Å². The highest BCUT2D eigenvalue weighted by Crippen LogP contribution is 2.41. The van der Waals surface area contributed by atoms with Crippen molar-refractivity contribution < 1.29 is 22.4 Å². The third-order valence-electron chi connectivity index (χ3n) is 5.22. The Morgan fingerprint density at radius 2 is 2.00 bits per heavy atom. The second kappa shape index (κ2) is 8.87. The summed E-state index contributed by atoms with van der Waals surface area (Å²) in [6, 6.07) is 6.92. The predicted octanol–water partition coefficient (Wildman–Crippen LogP) is 4.59. The number of H-pyrrole nitrogens is 1. The van der Waals surface area contributed by atoms with Gasteiger partial charge in [-0.05, 0) is 37.5 Å². The van der Waals surface area contributed by atoms with Gasteiger partial charge in [0.25, 0.3) is 5.91 Å². The van der Waals surface area contributed by atoms with Crippen LogP contribution in [0.1, 0.15) is 53.3 Å². The number of pyridine rings is 2. The van der Waals surface area contributed by atoms with Gasteiger partial charge >= 0.3 is 0 Å². The number of carbonyl (C=O) groups excluding carboxylic acids is 1. The Bertz CT molecular complexity index is 1160. The van der Waals surface area contributed by atoms with Gasteiger partial charge < -0.3 is 10.7 Å². The maximum Gasteiger partial charge on any atom is 0.268 e. The number of nitrogens with two attached hydrogens (primary N) is 1. The second-order valence-corrected chi connectivity index (χ2v) is 7.56. The number of benzene rings is 1. The van der Waals surface area contributed by atoms with E-state index in [2.05, 4.69) is 9.97 Å². The fourth-order valence-corrected chi connectivity index (χ4v) is 3.68. The molecule has 4 rings (SSSR count). The van der Waals surface area contributed by atoms with Gasteiger partial charge in [0.1, 0.15) is 5.69 Å². The lowest BCUT2D eigenvalue weighted by Crippen LogP contribution is -2.26. The van der Waals surface area contributed by atoms with Gasteiger partial charge in [-0.3, -0.25) is 14.6 Å². The van der Waals surface area contributed by atoms with Crippen LogP contribution in [0.2, 0.25) is 0 Å². The summed E-state index contributed by atoms with van der Waals surface area (Å²) in [5, 5.41) is 0.0984. The summed E-state index contributed by atoms with van der Waals surface area (Å²) in [7, 11) is 0. The summed E-state index contributed by atoms with van der Waals surface area (Å²) < 4.78 is 51.7. The van der Waals surface area contributed by atoms with Crippen molar-refractivity contribution in [3.63, 3.8) is 0 Å². The van der Waals surface area contributed by atoms with Crippen molar-refractivity contribution in [3.8, 4) is 0 Å². The molecule has 0 spiro atoms. The normalized spacial score (nSPS) is 17.6. The molecular weight excluding hydrogens is 414 g/mol. The summed E-state index contributed by atoms with van der Waals surface area (Å²) in [6.45, 7) is 1.53. The first kappa shape index (κ1) is 22.5. The Labute approximate surface area is 175 Å². The molecule has 0 unspecified atom stereocenters. The number of halogens is 4. The Morgan fingerprint density at radius 1 is 1.26 bits per heavy atom. The van der Waals surface area contributed by atoms with E-state index in [1.807, 2.05) is 0 Å². The second-order valence-electron chi connectivity index (χ2n) is 7.56. The average molecular weight is 435 g/mol. The number of rotatable bonds is 2. The van der Waals surface area contributed by atoms with Crippen LogP contribution in [0.25, 0.3) is 10.9 Å². The molecule has 1 aliphatic rings. The number of carbonyl (C=O) groups is 1. The number of nitrogens with zero attached hydrogens (tertiary/aromatic N) is 1. The number of alkyl halides is 2. The standard InChI is InChI=1S/C15H15F2N3O2.C7H6F2/c16-15(17)4-1-2-8(7-15)10-6-11(21)12-9(20-10)3-5-19-13(12)14(18)22;1-5-3-2-4-6(8)7(5)9/h3,5-6,8H,1-2,4,7H2,(H2,18,22)(H,20,21);2-4H,1H3/t8-;/m0./s1. The highest BCUT2D eigenvalue weighted by molar-refractivity contribution is 6.03. The quantitative estimate of drug-likeness (QED) is 0.577. The number of nitrogens with one attached hydrogen (secondary N) is 1. The number of hydrogen-bond acceptors (Lipinski definition) is 3. The molecule has 5 nitrogen and oxygen atoms in total. The Morgan fingerprint density at radius 3 is 2.61 bits per heavy atom. The van der Waals surface area contributed by atoms with Crippen LogP contribution in [0.3, 0.4) is 0 Å². The van der Waals surface area contributed by atoms with Crippen LogP contribution in [0, 0.1) is 18.6 Å². The van der Waals surface area contributed by atoms with E-state index in [1.54, 1.807) is 0 Å². The van der Waals surface area contributed by atoms with E-state index in [0.717, 1.165) is 6.07 Å². The minimum absolute atomic E-state index is 0.0984. The van der Waals surface area contributed by atoms with Gasteiger partial charge in [0.2, 0.25) is 5.92 Å². The van der Waals surface area contributed by atoms with Crippen LogP contribution in [0.4, 0.5) is 17.6 Å². The van der Waals surface area contributed by atoms with Gasteiger partial charge in [-0.25, -0.2) is 17.6 Å². The van der Waals surface area contributed by atoms with E-state index in [-0.39, 0.29) is 23.9 Å². The number of hydrogen-bond donors (Lipinski definition) is 2. The number of aromatic nitrogens is 2. The maximum absolute atomic E-state index is 13.6. The zero-order valence-corrected chi connectivity index (χ0v) is 16.7. The molecule has 9 heteroatoms. The smallest absolute Gasteiger partial charge is 0.268 e. The van der Waals surface area contributed by atoms with E-state index >= 15 is 0 Å². The van der Waals surface area contributed by atoms with Crippen LogP contribution in [-0.2, 0) is 0 Å². The van der Waals surface area contributed by atoms with Crippen molar-refractivity contribution in [2.75, 3.05) is 0 Å². The van der Waals surface area contributed by atoms with E-state index in [4.69, 9.17) is 5.73 Å².